The number of benzene rings is 3. The smallest absolute Gasteiger partial charge is 0.412 e. The van der Waals surface area contributed by atoms with E-state index in [1.807, 2.05) is 81.4 Å². The molecule has 1 fully saturated rings. The van der Waals surface area contributed by atoms with Crippen molar-refractivity contribution in [2.75, 3.05) is 19.8 Å². The first-order valence-electron chi connectivity index (χ1n) is 19.6. The van der Waals surface area contributed by atoms with E-state index in [4.69, 9.17) is 24.2 Å². The molecule has 6 unspecified atom stereocenters. The third-order valence-corrected chi connectivity index (χ3v) is 11.9. The topological polar surface area (TPSA) is 119 Å². The molecule has 9 nitrogen and oxygen atoms in total. The van der Waals surface area contributed by atoms with Crippen molar-refractivity contribution in [1.29, 1.82) is 0 Å². The van der Waals surface area contributed by atoms with E-state index < -0.39 is 17.5 Å². The van der Waals surface area contributed by atoms with Crippen molar-refractivity contribution >= 4 is 23.6 Å². The van der Waals surface area contributed by atoms with Crippen LogP contribution in [0.25, 0.3) is 0 Å². The summed E-state index contributed by atoms with van der Waals surface area (Å²) >= 11 is 1.72. The molecule has 0 spiro atoms. The number of rotatable bonds is 17. The molecule has 1 heterocycles. The summed E-state index contributed by atoms with van der Waals surface area (Å²) in [7, 11) is 0. The minimum absolute atomic E-state index is 0.121. The van der Waals surface area contributed by atoms with Gasteiger partial charge < -0.3 is 34.6 Å². The number of allylic oxidation sites excluding steroid dienone is 1. The number of carbonyl (C=O) groups excluding carboxylic acids is 1. The van der Waals surface area contributed by atoms with Crippen LogP contribution in [0.2, 0.25) is 0 Å². The van der Waals surface area contributed by atoms with Gasteiger partial charge in [0.05, 0.1) is 23.5 Å². The predicted molar refractivity (Wildman–Crippen MR) is 217 cm³/mol. The number of nitrogens with zero attached hydrogens (tertiary/aromatic N) is 1. The van der Waals surface area contributed by atoms with Gasteiger partial charge in [0.1, 0.15) is 17.1 Å². The molecule has 0 saturated heterocycles. The van der Waals surface area contributed by atoms with Gasteiger partial charge >= 0.3 is 6.09 Å². The first-order valence-corrected chi connectivity index (χ1v) is 20.5. The Morgan fingerprint density at radius 2 is 1.71 bits per heavy atom. The second kappa shape index (κ2) is 18.7. The van der Waals surface area contributed by atoms with Crippen LogP contribution in [-0.4, -0.2) is 58.5 Å². The Hall–Kier alpha value is -4.09. The largest absolute Gasteiger partial charge is 0.460 e. The van der Waals surface area contributed by atoms with Crippen LogP contribution in [0.4, 0.5) is 4.79 Å². The van der Waals surface area contributed by atoms with Crippen LogP contribution >= 0.6 is 11.8 Å². The van der Waals surface area contributed by atoms with Crippen LogP contribution in [0.1, 0.15) is 82.8 Å². The maximum Gasteiger partial charge on any atom is 0.412 e. The minimum atomic E-state index is -1.11. The number of aliphatic hydroxyl groups is 2. The van der Waals surface area contributed by atoms with Crippen LogP contribution in [0.3, 0.4) is 0 Å². The zero-order valence-corrected chi connectivity index (χ0v) is 33.1. The third-order valence-electron chi connectivity index (χ3n) is 10.6. The van der Waals surface area contributed by atoms with Gasteiger partial charge in [-0.05, 0) is 99.8 Å². The Kier molecular flexibility index (Phi) is 13.8. The number of nitrogens with one attached hydrogen (secondary N) is 1. The van der Waals surface area contributed by atoms with Crippen molar-refractivity contribution in [2.45, 2.75) is 99.7 Å². The Balaban J connectivity index is 1.49. The van der Waals surface area contributed by atoms with Crippen LogP contribution in [0, 0.1) is 17.8 Å². The number of hydrogen-bond donors (Lipinski definition) is 3. The Labute approximate surface area is 330 Å². The maximum atomic E-state index is 13.1. The summed E-state index contributed by atoms with van der Waals surface area (Å²) in [6, 6.07) is 25.7. The number of thioether (sulfide) groups is 1. The summed E-state index contributed by atoms with van der Waals surface area (Å²) in [5, 5.41) is 27.2. The highest BCUT2D eigenvalue weighted by atomic mass is 32.2. The van der Waals surface area contributed by atoms with E-state index in [9.17, 15) is 15.0 Å². The van der Waals surface area contributed by atoms with Crippen molar-refractivity contribution < 1.29 is 34.1 Å². The summed E-state index contributed by atoms with van der Waals surface area (Å²) in [5.41, 5.74) is 3.34. The van der Waals surface area contributed by atoms with Crippen LogP contribution < -0.4 is 14.8 Å². The standard InChI is InChI=1S/C45H56N2O7S/c1-5-26-51-45-40(55-34-19-10-7-11-20-34)29-38(47-54-44(2,3)4)36-27-32(18-12-14-24-48)35(21-13-15-25-49)41(42(36)45)37-28-33(22-23-39(37)53-45)52-43(50)46-30-31-16-8-6-9-17-31/h5-11,16-17,19-20,22-23,27-28,32,35,40-42,48-49H,1,12-15,18,21,24-26,29-30H2,2-4H3,(H,46,50). The molecule has 0 bridgehead atoms. The van der Waals surface area contributed by atoms with Gasteiger partial charge in [0, 0.05) is 42.6 Å². The van der Waals surface area contributed by atoms with Gasteiger partial charge in [-0.3, -0.25) is 0 Å². The molecular weight excluding hydrogens is 713 g/mol. The molecule has 294 valence electrons. The fourth-order valence-corrected chi connectivity index (χ4v) is 9.57. The van der Waals surface area contributed by atoms with E-state index >= 15 is 0 Å². The van der Waals surface area contributed by atoms with Crippen molar-refractivity contribution in [1.82, 2.24) is 5.32 Å². The van der Waals surface area contributed by atoms with Gasteiger partial charge in [-0.15, -0.1) is 18.3 Å². The highest BCUT2D eigenvalue weighted by Crippen LogP contribution is 2.63. The summed E-state index contributed by atoms with van der Waals surface area (Å²) < 4.78 is 20.2. The molecule has 6 rings (SSSR count). The van der Waals surface area contributed by atoms with Crippen LogP contribution in [-0.2, 0) is 16.1 Å². The molecule has 6 atom stereocenters. The van der Waals surface area contributed by atoms with Gasteiger partial charge in [0.25, 0.3) is 0 Å². The van der Waals surface area contributed by atoms with Crippen molar-refractivity contribution in [2.24, 2.45) is 22.9 Å². The maximum absolute atomic E-state index is 13.1. The first kappa shape index (κ1) is 40.6. The van der Waals surface area contributed by atoms with Crippen LogP contribution in [0.15, 0.2) is 113 Å². The molecule has 2 aliphatic carbocycles. The van der Waals surface area contributed by atoms with Crippen molar-refractivity contribution in [3.05, 3.63) is 114 Å². The molecule has 55 heavy (non-hydrogen) atoms. The van der Waals surface area contributed by atoms with Gasteiger partial charge in [-0.2, -0.15) is 0 Å². The number of ether oxygens (including phenoxy) is 3. The Morgan fingerprint density at radius 3 is 2.40 bits per heavy atom. The van der Waals surface area contributed by atoms with E-state index in [1.54, 1.807) is 23.9 Å². The molecule has 3 N–H and O–H groups in total. The fraction of sp³-hybridized carbons (Fsp3) is 0.467. The lowest BCUT2D eigenvalue weighted by atomic mass is 9.56. The zero-order valence-electron chi connectivity index (χ0n) is 32.3. The lowest BCUT2D eigenvalue weighted by molar-refractivity contribution is -0.223. The molecule has 0 radical (unpaired) electrons. The molecule has 1 aliphatic heterocycles. The lowest BCUT2D eigenvalue weighted by Gasteiger charge is -2.58. The highest BCUT2D eigenvalue weighted by molar-refractivity contribution is 8.00. The lowest BCUT2D eigenvalue weighted by Crippen LogP contribution is -2.64. The average Bonchev–Trinajstić information content (AvgIpc) is 3.18. The molecule has 0 aromatic heterocycles. The molecule has 3 aromatic carbocycles. The van der Waals surface area contributed by atoms with Gasteiger partial charge in [-0.25, -0.2) is 4.79 Å². The predicted octanol–water partition coefficient (Wildman–Crippen LogP) is 9.20. The highest BCUT2D eigenvalue weighted by Gasteiger charge is 2.64. The third kappa shape index (κ3) is 9.84. The molecule has 3 aliphatic rings. The van der Waals surface area contributed by atoms with Gasteiger partial charge in [0.2, 0.25) is 5.79 Å². The van der Waals surface area contributed by atoms with E-state index in [0.29, 0.717) is 37.3 Å². The summed E-state index contributed by atoms with van der Waals surface area (Å²) in [4.78, 5) is 20.4. The zero-order chi connectivity index (χ0) is 38.8. The Morgan fingerprint density at radius 1 is 1.00 bits per heavy atom. The summed E-state index contributed by atoms with van der Waals surface area (Å²) in [5.74, 6) is -0.156. The fourth-order valence-electron chi connectivity index (χ4n) is 8.26. The van der Waals surface area contributed by atoms with Gasteiger partial charge in [0.15, 0.2) is 0 Å². The average molecular weight is 769 g/mol. The molecule has 10 heteroatoms. The number of carbonyl (C=O) groups is 1. The molecule has 3 aromatic rings. The van der Waals surface area contributed by atoms with Crippen LogP contribution in [0.5, 0.6) is 11.5 Å². The van der Waals surface area contributed by atoms with E-state index in [0.717, 1.165) is 53.0 Å². The van der Waals surface area contributed by atoms with E-state index in [-0.39, 0.29) is 48.7 Å². The first-order chi connectivity index (χ1) is 26.7. The SMILES string of the molecule is C=CCOC12Oc3ccc(OC(=O)NCc4ccccc4)cc3C3C(CCCCO)C(CCCCO)C=C(C(=NOC(C)(C)C)CC1Sc1ccccc1)C32. The van der Waals surface area contributed by atoms with Crippen molar-refractivity contribution in [3.8, 4) is 11.5 Å². The second-order valence-electron chi connectivity index (χ2n) is 15.6. The second-order valence-corrected chi connectivity index (χ2v) is 16.9. The monoisotopic (exact) mass is 768 g/mol. The number of aliphatic hydroxyl groups excluding tert-OH is 2. The van der Waals surface area contributed by atoms with E-state index in [1.165, 1.54) is 0 Å². The quantitative estimate of drug-likeness (QED) is 0.0707. The number of unbranched alkanes of at least 4 members (excludes halogenated alkanes) is 2. The summed E-state index contributed by atoms with van der Waals surface area (Å²) in [6.07, 6.45) is 9.00. The molecule has 1 amide bonds. The number of fused-ring (bicyclic) bond motifs is 2. The number of oxime groups is 1. The molecular formula is C45H56N2O7S. The normalized spacial score (nSPS) is 24.9. The number of amides is 1. The van der Waals surface area contributed by atoms with E-state index in [2.05, 4.69) is 30.1 Å². The minimum Gasteiger partial charge on any atom is -0.460 e. The van der Waals surface area contributed by atoms with Crippen molar-refractivity contribution in [3.63, 3.8) is 0 Å². The molecule has 1 saturated carbocycles. The Bertz CT molecular complexity index is 1790. The van der Waals surface area contributed by atoms with Gasteiger partial charge in [-0.1, -0.05) is 78.7 Å². The number of hydrogen-bond acceptors (Lipinski definition) is 9. The summed E-state index contributed by atoms with van der Waals surface area (Å²) in [6.45, 7) is 10.9.